The molecule has 0 saturated carbocycles. The van der Waals surface area contributed by atoms with Crippen molar-refractivity contribution in [3.05, 3.63) is 0 Å². The zero-order valence-corrected chi connectivity index (χ0v) is 11.3. The third kappa shape index (κ3) is 3.00. The van der Waals surface area contributed by atoms with Gasteiger partial charge in [-0.05, 0) is 40.0 Å². The van der Waals surface area contributed by atoms with Crippen LogP contribution in [0.25, 0.3) is 0 Å². The number of piperidine rings is 1. The normalized spacial score (nSPS) is 20.2. The Morgan fingerprint density at radius 3 is 2.72 bits per heavy atom. The summed E-state index contributed by atoms with van der Waals surface area (Å²) >= 11 is 0. The number of aromatic nitrogens is 3. The number of nitrogens with zero attached hydrogens (tertiary/aromatic N) is 4. The Morgan fingerprint density at radius 2 is 2.06 bits per heavy atom. The number of ether oxygens (including phenoxy) is 1. The van der Waals surface area contributed by atoms with Crippen LogP contribution in [-0.2, 0) is 0 Å². The van der Waals surface area contributed by atoms with Crippen molar-refractivity contribution in [3.63, 3.8) is 0 Å². The van der Waals surface area contributed by atoms with Crippen LogP contribution in [0.4, 0.5) is 11.9 Å². The van der Waals surface area contributed by atoms with E-state index in [2.05, 4.69) is 26.8 Å². The summed E-state index contributed by atoms with van der Waals surface area (Å²) in [5, 5.41) is 0. The van der Waals surface area contributed by atoms with Gasteiger partial charge >= 0.3 is 6.01 Å². The van der Waals surface area contributed by atoms with E-state index in [0.717, 1.165) is 19.4 Å². The number of hydrogen-bond acceptors (Lipinski definition) is 6. The largest absolute Gasteiger partial charge is 0.461 e. The van der Waals surface area contributed by atoms with E-state index in [9.17, 15) is 0 Å². The molecule has 1 fully saturated rings. The Morgan fingerprint density at radius 1 is 1.28 bits per heavy atom. The summed E-state index contributed by atoms with van der Waals surface area (Å²) in [6.45, 7) is 7.01. The fourth-order valence-corrected chi connectivity index (χ4v) is 2.15. The molecule has 1 saturated heterocycles. The molecule has 0 radical (unpaired) electrons. The van der Waals surface area contributed by atoms with Crippen molar-refractivity contribution >= 4 is 11.9 Å². The van der Waals surface area contributed by atoms with Gasteiger partial charge < -0.3 is 15.4 Å². The minimum absolute atomic E-state index is 0.0263. The van der Waals surface area contributed by atoms with E-state index in [-0.39, 0.29) is 12.1 Å². The van der Waals surface area contributed by atoms with E-state index < -0.39 is 0 Å². The average Bonchev–Trinajstić information content (AvgIpc) is 2.27. The molecule has 0 aromatic carbocycles. The fraction of sp³-hybridized carbons (Fsp3) is 0.750. The Labute approximate surface area is 108 Å². The zero-order valence-electron chi connectivity index (χ0n) is 11.3. The molecule has 6 heteroatoms. The number of anilines is 2. The summed E-state index contributed by atoms with van der Waals surface area (Å²) in [6.07, 6.45) is 3.61. The van der Waals surface area contributed by atoms with Gasteiger partial charge in [0.15, 0.2) is 0 Å². The topological polar surface area (TPSA) is 77.2 Å². The quantitative estimate of drug-likeness (QED) is 0.879. The Kier molecular flexibility index (Phi) is 3.84. The molecule has 100 valence electrons. The molecule has 6 nitrogen and oxygen atoms in total. The van der Waals surface area contributed by atoms with Gasteiger partial charge in [-0.2, -0.15) is 15.0 Å². The van der Waals surface area contributed by atoms with E-state index in [1.807, 2.05) is 13.8 Å². The Bertz CT molecular complexity index is 409. The second kappa shape index (κ2) is 5.37. The highest BCUT2D eigenvalue weighted by atomic mass is 16.5. The van der Waals surface area contributed by atoms with Crippen molar-refractivity contribution in [3.8, 4) is 6.01 Å². The van der Waals surface area contributed by atoms with Crippen molar-refractivity contribution in [2.45, 2.75) is 52.2 Å². The standard InChI is InChI=1S/C12H21N5O/c1-8(2)18-12-15-10(13)14-11(16-12)17-7-5-4-6-9(17)3/h8-9H,4-7H2,1-3H3,(H2,13,14,15,16). The monoisotopic (exact) mass is 251 g/mol. The van der Waals surface area contributed by atoms with E-state index >= 15 is 0 Å². The molecule has 1 aliphatic rings. The van der Waals surface area contributed by atoms with Crippen LogP contribution >= 0.6 is 0 Å². The molecule has 0 bridgehead atoms. The van der Waals surface area contributed by atoms with Gasteiger partial charge in [0.1, 0.15) is 0 Å². The van der Waals surface area contributed by atoms with Gasteiger partial charge in [-0.1, -0.05) is 0 Å². The van der Waals surface area contributed by atoms with Crippen molar-refractivity contribution < 1.29 is 4.74 Å². The predicted molar refractivity (Wildman–Crippen MR) is 70.7 cm³/mol. The van der Waals surface area contributed by atoms with Gasteiger partial charge in [0.25, 0.3) is 0 Å². The molecule has 0 amide bonds. The molecule has 2 heterocycles. The van der Waals surface area contributed by atoms with Crippen LogP contribution in [0.1, 0.15) is 40.0 Å². The van der Waals surface area contributed by atoms with E-state index in [1.165, 1.54) is 6.42 Å². The van der Waals surface area contributed by atoms with E-state index in [0.29, 0.717) is 18.0 Å². The van der Waals surface area contributed by atoms with Gasteiger partial charge in [-0.3, -0.25) is 0 Å². The second-order valence-electron chi connectivity index (χ2n) is 4.98. The summed E-state index contributed by atoms with van der Waals surface area (Å²) in [5.74, 6) is 0.846. The molecular weight excluding hydrogens is 230 g/mol. The first-order valence-corrected chi connectivity index (χ1v) is 6.51. The van der Waals surface area contributed by atoms with Gasteiger partial charge in [0.2, 0.25) is 11.9 Å². The third-order valence-corrected chi connectivity index (χ3v) is 3.02. The van der Waals surface area contributed by atoms with Gasteiger partial charge in [0.05, 0.1) is 6.10 Å². The molecule has 0 spiro atoms. The second-order valence-corrected chi connectivity index (χ2v) is 4.98. The number of nitrogens with two attached hydrogens (primary N) is 1. The van der Waals surface area contributed by atoms with Crippen LogP contribution in [-0.4, -0.2) is 33.6 Å². The van der Waals surface area contributed by atoms with Crippen LogP contribution in [0.3, 0.4) is 0 Å². The maximum absolute atomic E-state index is 5.72. The van der Waals surface area contributed by atoms with Crippen molar-refractivity contribution in [1.29, 1.82) is 0 Å². The van der Waals surface area contributed by atoms with Crippen LogP contribution in [0.15, 0.2) is 0 Å². The molecule has 1 aromatic heterocycles. The predicted octanol–water partition coefficient (Wildman–Crippen LogP) is 1.62. The van der Waals surface area contributed by atoms with Gasteiger partial charge in [0, 0.05) is 12.6 Å². The minimum atomic E-state index is 0.0263. The first-order chi connectivity index (χ1) is 8.56. The van der Waals surface area contributed by atoms with Crippen molar-refractivity contribution in [2.75, 3.05) is 17.2 Å². The molecule has 2 rings (SSSR count). The highest BCUT2D eigenvalue weighted by Crippen LogP contribution is 2.23. The van der Waals surface area contributed by atoms with Crippen molar-refractivity contribution in [2.24, 2.45) is 0 Å². The first kappa shape index (κ1) is 12.9. The lowest BCUT2D eigenvalue weighted by atomic mass is 10.0. The molecule has 1 aliphatic heterocycles. The van der Waals surface area contributed by atoms with Crippen LogP contribution < -0.4 is 15.4 Å². The third-order valence-electron chi connectivity index (χ3n) is 3.02. The first-order valence-electron chi connectivity index (χ1n) is 6.51. The smallest absolute Gasteiger partial charge is 0.323 e. The number of hydrogen-bond donors (Lipinski definition) is 1. The molecule has 1 unspecified atom stereocenters. The molecule has 18 heavy (non-hydrogen) atoms. The zero-order chi connectivity index (χ0) is 13.1. The maximum atomic E-state index is 5.72. The summed E-state index contributed by atoms with van der Waals surface area (Å²) in [7, 11) is 0. The molecule has 2 N–H and O–H groups in total. The summed E-state index contributed by atoms with van der Waals surface area (Å²) in [5.41, 5.74) is 5.72. The Balaban J connectivity index is 2.23. The SMILES string of the molecule is CC(C)Oc1nc(N)nc(N2CCCCC2C)n1. The molecule has 1 aromatic rings. The molecule has 0 aliphatic carbocycles. The highest BCUT2D eigenvalue weighted by Gasteiger charge is 2.22. The van der Waals surface area contributed by atoms with Gasteiger partial charge in [-0.25, -0.2) is 0 Å². The van der Waals surface area contributed by atoms with Crippen LogP contribution in [0.5, 0.6) is 6.01 Å². The lowest BCUT2D eigenvalue weighted by Gasteiger charge is -2.33. The maximum Gasteiger partial charge on any atom is 0.323 e. The lowest BCUT2D eigenvalue weighted by molar-refractivity contribution is 0.222. The summed E-state index contributed by atoms with van der Waals surface area (Å²) < 4.78 is 5.49. The van der Waals surface area contributed by atoms with Gasteiger partial charge in [-0.15, -0.1) is 0 Å². The van der Waals surface area contributed by atoms with Crippen LogP contribution in [0, 0.1) is 0 Å². The van der Waals surface area contributed by atoms with E-state index in [4.69, 9.17) is 10.5 Å². The minimum Gasteiger partial charge on any atom is -0.461 e. The Hall–Kier alpha value is -1.59. The van der Waals surface area contributed by atoms with Crippen molar-refractivity contribution in [1.82, 2.24) is 15.0 Å². The molecule has 1 atom stereocenters. The molecular formula is C12H21N5O. The number of rotatable bonds is 3. The number of nitrogen functional groups attached to an aromatic ring is 1. The summed E-state index contributed by atoms with van der Waals surface area (Å²) in [4.78, 5) is 14.7. The van der Waals surface area contributed by atoms with Crippen LogP contribution in [0.2, 0.25) is 0 Å². The summed E-state index contributed by atoms with van der Waals surface area (Å²) in [6, 6.07) is 0.748. The average molecular weight is 251 g/mol. The lowest BCUT2D eigenvalue weighted by Crippen LogP contribution is -2.38. The fourth-order valence-electron chi connectivity index (χ4n) is 2.15. The van der Waals surface area contributed by atoms with E-state index in [1.54, 1.807) is 0 Å². The highest BCUT2D eigenvalue weighted by molar-refractivity contribution is 5.37.